The number of benzene rings is 3. The molecule has 0 bridgehead atoms. The highest BCUT2D eigenvalue weighted by atomic mass is 79.9. The first kappa shape index (κ1) is 18.3. The second-order valence-corrected chi connectivity index (χ2v) is 7.03. The predicted octanol–water partition coefficient (Wildman–Crippen LogP) is 5.82. The van der Waals surface area contributed by atoms with Gasteiger partial charge in [-0.2, -0.15) is 0 Å². The molecule has 1 aromatic heterocycles. The highest BCUT2D eigenvalue weighted by molar-refractivity contribution is 9.10. The normalized spacial score (nSPS) is 10.7. The third-order valence-electron chi connectivity index (χ3n) is 4.37. The number of methoxy groups -OCH3 is 2. The Labute approximate surface area is 171 Å². The van der Waals surface area contributed by atoms with Gasteiger partial charge < -0.3 is 14.8 Å². The number of aromatic nitrogens is 2. The third kappa shape index (κ3) is 3.64. The fourth-order valence-corrected chi connectivity index (χ4v) is 3.19. The second-order valence-electron chi connectivity index (χ2n) is 6.11. The Morgan fingerprint density at radius 1 is 0.857 bits per heavy atom. The van der Waals surface area contributed by atoms with E-state index in [0.29, 0.717) is 17.4 Å². The lowest BCUT2D eigenvalue weighted by atomic mass is 10.1. The first-order valence-electron chi connectivity index (χ1n) is 8.69. The minimum atomic E-state index is 0.654. The van der Waals surface area contributed by atoms with Gasteiger partial charge in [0.05, 0.1) is 25.4 Å². The van der Waals surface area contributed by atoms with Crippen LogP contribution in [0.1, 0.15) is 0 Å². The molecule has 0 fully saturated rings. The monoisotopic (exact) mass is 435 g/mol. The summed E-state index contributed by atoms with van der Waals surface area (Å²) in [7, 11) is 3.26. The minimum absolute atomic E-state index is 0.654. The lowest BCUT2D eigenvalue weighted by Gasteiger charge is -2.14. The molecule has 5 nitrogen and oxygen atoms in total. The zero-order valence-electron chi connectivity index (χ0n) is 15.4. The number of anilines is 2. The first-order valence-corrected chi connectivity index (χ1v) is 9.49. The van der Waals surface area contributed by atoms with E-state index in [1.165, 1.54) is 0 Å². The summed E-state index contributed by atoms with van der Waals surface area (Å²) in [4.78, 5) is 9.52. The first-order chi connectivity index (χ1) is 13.7. The van der Waals surface area contributed by atoms with E-state index in [1.807, 2.05) is 66.7 Å². The van der Waals surface area contributed by atoms with Crippen LogP contribution in [-0.2, 0) is 0 Å². The molecule has 6 heteroatoms. The standard InChI is InChI=1S/C22H18BrN3O2/c1-27-16-11-12-19(20(13-16)28-2)25-22-17-5-3-4-6-18(17)24-21(26-22)14-7-9-15(23)10-8-14/h3-13H,1-2H3,(H,24,25,26). The van der Waals surface area contributed by atoms with E-state index < -0.39 is 0 Å². The van der Waals surface area contributed by atoms with Gasteiger partial charge in [-0.15, -0.1) is 0 Å². The zero-order chi connectivity index (χ0) is 19.5. The van der Waals surface area contributed by atoms with E-state index in [1.54, 1.807) is 14.2 Å². The molecule has 0 saturated carbocycles. The number of fused-ring (bicyclic) bond motifs is 1. The molecular formula is C22H18BrN3O2. The molecule has 3 aromatic carbocycles. The molecule has 0 saturated heterocycles. The van der Waals surface area contributed by atoms with Gasteiger partial charge in [0.25, 0.3) is 0 Å². The summed E-state index contributed by atoms with van der Waals surface area (Å²) in [5.41, 5.74) is 2.61. The molecule has 28 heavy (non-hydrogen) atoms. The Hall–Kier alpha value is -3.12. The van der Waals surface area contributed by atoms with Crippen molar-refractivity contribution in [3.05, 3.63) is 71.2 Å². The average molecular weight is 436 g/mol. The van der Waals surface area contributed by atoms with Crippen molar-refractivity contribution in [3.8, 4) is 22.9 Å². The van der Waals surface area contributed by atoms with Crippen molar-refractivity contribution >= 4 is 38.3 Å². The number of rotatable bonds is 5. The molecule has 0 aliphatic heterocycles. The lowest BCUT2D eigenvalue weighted by molar-refractivity contribution is 0.395. The molecule has 0 unspecified atom stereocenters. The van der Waals surface area contributed by atoms with Crippen LogP contribution in [0.3, 0.4) is 0 Å². The van der Waals surface area contributed by atoms with E-state index in [-0.39, 0.29) is 0 Å². The molecular weight excluding hydrogens is 418 g/mol. The van der Waals surface area contributed by atoms with Crippen LogP contribution >= 0.6 is 15.9 Å². The Morgan fingerprint density at radius 3 is 2.39 bits per heavy atom. The summed E-state index contributed by atoms with van der Waals surface area (Å²) in [5, 5.41) is 4.33. The van der Waals surface area contributed by atoms with Crippen LogP contribution in [-0.4, -0.2) is 24.2 Å². The van der Waals surface area contributed by atoms with E-state index in [2.05, 4.69) is 21.2 Å². The van der Waals surface area contributed by atoms with E-state index in [4.69, 9.17) is 19.4 Å². The Morgan fingerprint density at radius 2 is 1.64 bits per heavy atom. The molecule has 140 valence electrons. The smallest absolute Gasteiger partial charge is 0.162 e. The quantitative estimate of drug-likeness (QED) is 0.427. The van der Waals surface area contributed by atoms with Gasteiger partial charge in [0.2, 0.25) is 0 Å². The lowest BCUT2D eigenvalue weighted by Crippen LogP contribution is -2.01. The van der Waals surface area contributed by atoms with Gasteiger partial charge in [-0.3, -0.25) is 0 Å². The van der Waals surface area contributed by atoms with Gasteiger partial charge in [0.15, 0.2) is 5.82 Å². The van der Waals surface area contributed by atoms with Crippen LogP contribution in [0.15, 0.2) is 71.2 Å². The topological polar surface area (TPSA) is 56.3 Å². The van der Waals surface area contributed by atoms with Crippen molar-refractivity contribution in [2.75, 3.05) is 19.5 Å². The number of ether oxygens (including phenoxy) is 2. The van der Waals surface area contributed by atoms with Crippen LogP contribution in [0.5, 0.6) is 11.5 Å². The summed E-state index contributed by atoms with van der Waals surface area (Å²) in [6, 6.07) is 21.5. The zero-order valence-corrected chi connectivity index (χ0v) is 17.0. The summed E-state index contributed by atoms with van der Waals surface area (Å²) in [5.74, 6) is 2.77. The van der Waals surface area contributed by atoms with E-state index in [9.17, 15) is 0 Å². The molecule has 1 N–H and O–H groups in total. The van der Waals surface area contributed by atoms with Crippen molar-refractivity contribution in [2.24, 2.45) is 0 Å². The van der Waals surface area contributed by atoms with Gasteiger partial charge in [0, 0.05) is 21.5 Å². The summed E-state index contributed by atoms with van der Waals surface area (Å²) >= 11 is 3.47. The van der Waals surface area contributed by atoms with Gasteiger partial charge in [-0.25, -0.2) is 9.97 Å². The molecule has 0 spiro atoms. The predicted molar refractivity (Wildman–Crippen MR) is 116 cm³/mol. The fraction of sp³-hybridized carbons (Fsp3) is 0.0909. The largest absolute Gasteiger partial charge is 0.497 e. The van der Waals surface area contributed by atoms with Gasteiger partial charge in [-0.05, 0) is 36.4 Å². The number of halogens is 1. The molecule has 1 heterocycles. The number of hydrogen-bond donors (Lipinski definition) is 1. The Balaban J connectivity index is 1.83. The van der Waals surface area contributed by atoms with Crippen molar-refractivity contribution in [3.63, 3.8) is 0 Å². The van der Waals surface area contributed by atoms with Crippen molar-refractivity contribution in [2.45, 2.75) is 0 Å². The van der Waals surface area contributed by atoms with Crippen LogP contribution in [0.2, 0.25) is 0 Å². The molecule has 0 amide bonds. The summed E-state index contributed by atoms with van der Waals surface area (Å²) < 4.78 is 11.8. The number of hydrogen-bond acceptors (Lipinski definition) is 5. The maximum Gasteiger partial charge on any atom is 0.162 e. The summed E-state index contributed by atoms with van der Waals surface area (Å²) in [6.45, 7) is 0. The van der Waals surface area contributed by atoms with E-state index in [0.717, 1.165) is 32.4 Å². The van der Waals surface area contributed by atoms with Crippen molar-refractivity contribution in [1.29, 1.82) is 0 Å². The molecule has 0 aliphatic carbocycles. The highest BCUT2D eigenvalue weighted by Crippen LogP contribution is 2.34. The van der Waals surface area contributed by atoms with Crippen LogP contribution in [0.4, 0.5) is 11.5 Å². The third-order valence-corrected chi connectivity index (χ3v) is 4.90. The minimum Gasteiger partial charge on any atom is -0.497 e. The maximum absolute atomic E-state index is 5.51. The number of nitrogens with zero attached hydrogens (tertiary/aromatic N) is 2. The van der Waals surface area contributed by atoms with Gasteiger partial charge >= 0.3 is 0 Å². The molecule has 0 radical (unpaired) electrons. The number of para-hydroxylation sites is 1. The van der Waals surface area contributed by atoms with Crippen LogP contribution in [0, 0.1) is 0 Å². The maximum atomic E-state index is 5.51. The molecule has 4 rings (SSSR count). The number of nitrogens with one attached hydrogen (secondary N) is 1. The van der Waals surface area contributed by atoms with Gasteiger partial charge in [0.1, 0.15) is 17.3 Å². The molecule has 0 atom stereocenters. The summed E-state index contributed by atoms with van der Waals surface area (Å²) in [6.07, 6.45) is 0. The highest BCUT2D eigenvalue weighted by Gasteiger charge is 2.12. The Kier molecular flexibility index (Phi) is 5.12. The van der Waals surface area contributed by atoms with Crippen molar-refractivity contribution in [1.82, 2.24) is 9.97 Å². The second kappa shape index (κ2) is 7.86. The Bertz CT molecular complexity index is 1130. The fourth-order valence-electron chi connectivity index (χ4n) is 2.93. The molecule has 0 aliphatic rings. The molecule has 4 aromatic rings. The van der Waals surface area contributed by atoms with Crippen LogP contribution < -0.4 is 14.8 Å². The SMILES string of the molecule is COc1ccc(Nc2nc(-c3ccc(Br)cc3)nc3ccccc23)c(OC)c1. The van der Waals surface area contributed by atoms with Crippen molar-refractivity contribution < 1.29 is 9.47 Å². The average Bonchev–Trinajstić information content (AvgIpc) is 2.74. The van der Waals surface area contributed by atoms with E-state index >= 15 is 0 Å². The van der Waals surface area contributed by atoms with Crippen LogP contribution in [0.25, 0.3) is 22.3 Å². The van der Waals surface area contributed by atoms with Gasteiger partial charge in [-0.1, -0.05) is 40.2 Å².